The lowest BCUT2D eigenvalue weighted by Crippen LogP contribution is -2.34. The molecule has 0 radical (unpaired) electrons. The molecule has 1 atom stereocenters. The summed E-state index contributed by atoms with van der Waals surface area (Å²) < 4.78 is 35.2. The molecule has 3 N–H and O–H groups in total. The number of rotatable bonds is 6. The lowest BCUT2D eigenvalue weighted by Gasteiger charge is -2.11. The first-order valence-electron chi connectivity index (χ1n) is 4.38. The molecule has 0 aliphatic heterocycles. The highest BCUT2D eigenvalue weighted by molar-refractivity contribution is 5.87. The number of carbonyl (C=O) groups excluding carboxylic acids is 1. The molecule has 0 amide bonds. The van der Waals surface area contributed by atoms with Crippen LogP contribution < -0.4 is 5.73 Å². The number of hydrogen-bond acceptors (Lipinski definition) is 3. The van der Waals surface area contributed by atoms with E-state index in [9.17, 15) is 18.0 Å². The molecule has 0 bridgehead atoms. The summed E-state index contributed by atoms with van der Waals surface area (Å²) in [6, 6.07) is 0. The first-order chi connectivity index (χ1) is 6.39. The van der Waals surface area contributed by atoms with E-state index in [0.717, 1.165) is 0 Å². The third kappa shape index (κ3) is 5.18. The molecule has 0 aromatic carbocycles. The lowest BCUT2D eigenvalue weighted by atomic mass is 10.1. The minimum Gasteiger partial charge on any atom is -0.385 e. The molecular formula is C8H14F3NO2. The Bertz CT molecular complexity index is 182. The minimum atomic E-state index is -4.94. The van der Waals surface area contributed by atoms with Crippen molar-refractivity contribution in [2.45, 2.75) is 38.0 Å². The highest BCUT2D eigenvalue weighted by Crippen LogP contribution is 2.20. The maximum Gasteiger partial charge on any atom is 0.452 e. The van der Waals surface area contributed by atoms with Crippen molar-refractivity contribution in [2.24, 2.45) is 5.73 Å². The summed E-state index contributed by atoms with van der Waals surface area (Å²) in [5.74, 6) is -2.06. The number of Topliss-reactive ketones (excluding diaryl/α,β-unsaturated/α-hetero) is 1. The van der Waals surface area contributed by atoms with Crippen LogP contribution >= 0.6 is 0 Å². The molecule has 84 valence electrons. The van der Waals surface area contributed by atoms with Crippen LogP contribution in [0.1, 0.15) is 25.7 Å². The van der Waals surface area contributed by atoms with Gasteiger partial charge in [-0.15, -0.1) is 0 Å². The average molecular weight is 213 g/mol. The van der Waals surface area contributed by atoms with Gasteiger partial charge in [-0.1, -0.05) is 12.8 Å². The first-order valence-corrected chi connectivity index (χ1v) is 4.38. The Morgan fingerprint density at radius 2 is 1.86 bits per heavy atom. The predicted octanol–water partition coefficient (Wildman–Crippen LogP) is 0.998. The first kappa shape index (κ1) is 13.4. The molecule has 0 aromatic rings. The van der Waals surface area contributed by atoms with Crippen LogP contribution in [0.5, 0.6) is 0 Å². The molecule has 0 saturated carbocycles. The second-order valence-corrected chi connectivity index (χ2v) is 3.02. The summed E-state index contributed by atoms with van der Waals surface area (Å²) in [7, 11) is 0. The summed E-state index contributed by atoms with van der Waals surface area (Å²) in [6.07, 6.45) is -5.33. The number of hydrogen-bond donors (Lipinski definition) is 2. The lowest BCUT2D eigenvalue weighted by molar-refractivity contribution is -0.180. The molecule has 1 unspecified atom stereocenters. The molecule has 0 fully saturated rings. The Labute approximate surface area is 80.1 Å². The van der Waals surface area contributed by atoms with E-state index in [2.05, 4.69) is 0 Å². The SMILES string of the molecule is NCCCCCC(O)C(=O)C(F)(F)F. The number of aliphatic hydroxyl groups excluding tert-OH is 1. The minimum absolute atomic E-state index is 0.154. The number of ketones is 1. The Morgan fingerprint density at radius 1 is 1.29 bits per heavy atom. The third-order valence-electron chi connectivity index (χ3n) is 1.76. The van der Waals surface area contributed by atoms with E-state index in [1.807, 2.05) is 0 Å². The Kier molecular flexibility index (Phi) is 5.71. The summed E-state index contributed by atoms with van der Waals surface area (Å²) in [6.45, 7) is 0.462. The van der Waals surface area contributed by atoms with Gasteiger partial charge in [0.2, 0.25) is 0 Å². The standard InChI is InChI=1S/C8H14F3NO2/c9-8(10,11)7(14)6(13)4-2-1-3-5-12/h6,13H,1-5,12H2. The zero-order valence-electron chi connectivity index (χ0n) is 7.68. The van der Waals surface area contributed by atoms with Crippen LogP contribution in [0.4, 0.5) is 13.2 Å². The maximum atomic E-state index is 11.7. The highest BCUT2D eigenvalue weighted by Gasteiger charge is 2.42. The van der Waals surface area contributed by atoms with E-state index in [0.29, 0.717) is 25.8 Å². The van der Waals surface area contributed by atoms with Gasteiger partial charge in [-0.25, -0.2) is 0 Å². The van der Waals surface area contributed by atoms with Gasteiger partial charge in [0.05, 0.1) is 0 Å². The van der Waals surface area contributed by atoms with Crippen LogP contribution in [0.3, 0.4) is 0 Å². The van der Waals surface area contributed by atoms with Crippen LogP contribution in [-0.4, -0.2) is 29.7 Å². The summed E-state index contributed by atoms with van der Waals surface area (Å²) >= 11 is 0. The van der Waals surface area contributed by atoms with E-state index < -0.39 is 18.1 Å². The molecule has 0 rings (SSSR count). The molecule has 0 aliphatic rings. The number of unbranched alkanes of at least 4 members (excludes halogenated alkanes) is 2. The van der Waals surface area contributed by atoms with Gasteiger partial charge in [0.1, 0.15) is 6.10 Å². The van der Waals surface area contributed by atoms with Gasteiger partial charge in [-0.05, 0) is 19.4 Å². The monoisotopic (exact) mass is 213 g/mol. The zero-order valence-corrected chi connectivity index (χ0v) is 7.68. The normalized spacial score (nSPS) is 14.1. The average Bonchev–Trinajstić information content (AvgIpc) is 2.09. The summed E-state index contributed by atoms with van der Waals surface area (Å²) in [5, 5.41) is 8.85. The fourth-order valence-electron chi connectivity index (χ4n) is 0.979. The van der Waals surface area contributed by atoms with Gasteiger partial charge < -0.3 is 10.8 Å². The third-order valence-corrected chi connectivity index (χ3v) is 1.76. The smallest absolute Gasteiger partial charge is 0.385 e. The van der Waals surface area contributed by atoms with Crippen molar-refractivity contribution in [1.82, 2.24) is 0 Å². The largest absolute Gasteiger partial charge is 0.452 e. The number of carbonyl (C=O) groups is 1. The topological polar surface area (TPSA) is 63.3 Å². The maximum absolute atomic E-state index is 11.7. The second kappa shape index (κ2) is 5.98. The Hall–Kier alpha value is -0.620. The zero-order chi connectivity index (χ0) is 11.2. The summed E-state index contributed by atoms with van der Waals surface area (Å²) in [5.41, 5.74) is 5.17. The number of alkyl halides is 3. The quantitative estimate of drug-likeness (QED) is 0.647. The molecule has 14 heavy (non-hydrogen) atoms. The number of nitrogens with two attached hydrogens (primary N) is 1. The molecule has 3 nitrogen and oxygen atoms in total. The van der Waals surface area contributed by atoms with E-state index >= 15 is 0 Å². The fourth-order valence-corrected chi connectivity index (χ4v) is 0.979. The molecular weight excluding hydrogens is 199 g/mol. The van der Waals surface area contributed by atoms with Crippen LogP contribution in [-0.2, 0) is 4.79 Å². The highest BCUT2D eigenvalue weighted by atomic mass is 19.4. The summed E-state index contributed by atoms with van der Waals surface area (Å²) in [4.78, 5) is 10.4. The van der Waals surface area contributed by atoms with Crippen molar-refractivity contribution in [2.75, 3.05) is 6.54 Å². The van der Waals surface area contributed by atoms with E-state index in [1.54, 1.807) is 0 Å². The van der Waals surface area contributed by atoms with Crippen molar-refractivity contribution in [3.05, 3.63) is 0 Å². The molecule has 0 spiro atoms. The van der Waals surface area contributed by atoms with Crippen molar-refractivity contribution in [1.29, 1.82) is 0 Å². The van der Waals surface area contributed by atoms with Crippen molar-refractivity contribution in [3.8, 4) is 0 Å². The van der Waals surface area contributed by atoms with Gasteiger partial charge in [-0.3, -0.25) is 4.79 Å². The number of aliphatic hydroxyl groups is 1. The van der Waals surface area contributed by atoms with E-state index in [4.69, 9.17) is 10.8 Å². The second-order valence-electron chi connectivity index (χ2n) is 3.02. The molecule has 0 aromatic heterocycles. The predicted molar refractivity (Wildman–Crippen MR) is 44.6 cm³/mol. The van der Waals surface area contributed by atoms with Crippen LogP contribution in [0, 0.1) is 0 Å². The van der Waals surface area contributed by atoms with Gasteiger partial charge in [0.25, 0.3) is 5.78 Å². The van der Waals surface area contributed by atoms with E-state index in [-0.39, 0.29) is 6.42 Å². The molecule has 0 saturated heterocycles. The molecule has 0 aliphatic carbocycles. The Balaban J connectivity index is 3.74. The van der Waals surface area contributed by atoms with Crippen molar-refractivity contribution in [3.63, 3.8) is 0 Å². The van der Waals surface area contributed by atoms with Gasteiger partial charge in [0.15, 0.2) is 0 Å². The van der Waals surface area contributed by atoms with Gasteiger partial charge in [-0.2, -0.15) is 13.2 Å². The molecule has 6 heteroatoms. The fraction of sp³-hybridized carbons (Fsp3) is 0.875. The number of halogens is 3. The van der Waals surface area contributed by atoms with Crippen molar-refractivity contribution < 1.29 is 23.1 Å². The van der Waals surface area contributed by atoms with E-state index in [1.165, 1.54) is 0 Å². The van der Waals surface area contributed by atoms with Crippen LogP contribution in [0.15, 0.2) is 0 Å². The van der Waals surface area contributed by atoms with Crippen molar-refractivity contribution >= 4 is 5.78 Å². The molecule has 0 heterocycles. The van der Waals surface area contributed by atoms with Crippen LogP contribution in [0.2, 0.25) is 0 Å². The Morgan fingerprint density at radius 3 is 2.29 bits per heavy atom. The van der Waals surface area contributed by atoms with Gasteiger partial charge >= 0.3 is 6.18 Å². The van der Waals surface area contributed by atoms with Crippen LogP contribution in [0.25, 0.3) is 0 Å². The van der Waals surface area contributed by atoms with Gasteiger partial charge in [0, 0.05) is 0 Å².